The Balaban J connectivity index is 2.19. The number of hydrogen-bond acceptors (Lipinski definition) is 3. The first-order valence-corrected chi connectivity index (χ1v) is 7.76. The number of rotatable bonds is 10. The van der Waals surface area contributed by atoms with Gasteiger partial charge in [-0.15, -0.1) is 11.8 Å². The molecule has 102 valence electrons. The average Bonchev–Trinajstić information content (AvgIpc) is 2.40. The van der Waals surface area contributed by atoms with Crippen LogP contribution in [-0.4, -0.2) is 26.0 Å². The number of benzene rings is 1. The van der Waals surface area contributed by atoms with Crippen LogP contribution >= 0.6 is 11.8 Å². The summed E-state index contributed by atoms with van der Waals surface area (Å²) in [5, 5.41) is 3.42. The molecule has 0 saturated carbocycles. The Morgan fingerprint density at radius 2 is 1.94 bits per heavy atom. The number of unbranched alkanes of at least 4 members (excludes halogenated alkanes) is 1. The van der Waals surface area contributed by atoms with Crippen molar-refractivity contribution in [1.29, 1.82) is 0 Å². The van der Waals surface area contributed by atoms with Crippen molar-refractivity contribution < 1.29 is 4.74 Å². The van der Waals surface area contributed by atoms with Gasteiger partial charge in [0.1, 0.15) is 0 Å². The van der Waals surface area contributed by atoms with Crippen molar-refractivity contribution in [3.05, 3.63) is 29.8 Å². The molecule has 1 aromatic carbocycles. The van der Waals surface area contributed by atoms with Crippen molar-refractivity contribution in [2.24, 2.45) is 0 Å². The number of methoxy groups -OCH3 is 1. The molecule has 1 rings (SSSR count). The maximum atomic E-state index is 5.04. The minimum atomic E-state index is 0.878. The molecule has 0 atom stereocenters. The molecule has 0 aliphatic carbocycles. The highest BCUT2D eigenvalue weighted by Gasteiger charge is 1.96. The fraction of sp³-hybridized carbons (Fsp3) is 0.600. The maximum Gasteiger partial charge on any atom is 0.0462 e. The van der Waals surface area contributed by atoms with E-state index in [9.17, 15) is 0 Å². The fourth-order valence-electron chi connectivity index (χ4n) is 1.65. The third-order valence-corrected chi connectivity index (χ3v) is 3.79. The van der Waals surface area contributed by atoms with E-state index in [0.29, 0.717) is 0 Å². The number of hydrogen-bond donors (Lipinski definition) is 1. The minimum absolute atomic E-state index is 0.878. The van der Waals surface area contributed by atoms with Crippen LogP contribution in [0.2, 0.25) is 0 Å². The summed E-state index contributed by atoms with van der Waals surface area (Å²) in [4.78, 5) is 1.37. The van der Waals surface area contributed by atoms with Crippen LogP contribution in [0.4, 0.5) is 0 Å². The van der Waals surface area contributed by atoms with Crippen LogP contribution in [0.5, 0.6) is 0 Å². The topological polar surface area (TPSA) is 21.3 Å². The Labute approximate surface area is 116 Å². The van der Waals surface area contributed by atoms with Gasteiger partial charge in [0.25, 0.3) is 0 Å². The molecular formula is C15H25NOS. The molecule has 0 aliphatic heterocycles. The first-order valence-electron chi connectivity index (χ1n) is 6.78. The average molecular weight is 267 g/mol. The van der Waals surface area contributed by atoms with Gasteiger partial charge in [-0.05, 0) is 49.3 Å². The first-order chi connectivity index (χ1) is 8.86. The van der Waals surface area contributed by atoms with Crippen molar-refractivity contribution in [3.63, 3.8) is 0 Å². The van der Waals surface area contributed by atoms with Crippen molar-refractivity contribution >= 4 is 11.8 Å². The predicted octanol–water partition coefficient (Wildman–Crippen LogP) is 3.70. The third kappa shape index (κ3) is 7.04. The van der Waals surface area contributed by atoms with Crippen LogP contribution in [0.15, 0.2) is 29.2 Å². The van der Waals surface area contributed by atoms with Crippen LogP contribution in [0, 0.1) is 0 Å². The number of ether oxygens (including phenoxy) is 1. The van der Waals surface area contributed by atoms with E-state index in [1.165, 1.54) is 29.1 Å². The largest absolute Gasteiger partial charge is 0.385 e. The van der Waals surface area contributed by atoms with Gasteiger partial charge in [-0.1, -0.05) is 19.1 Å². The van der Waals surface area contributed by atoms with Crippen LogP contribution in [0.3, 0.4) is 0 Å². The van der Waals surface area contributed by atoms with E-state index in [-0.39, 0.29) is 0 Å². The second-order valence-electron chi connectivity index (χ2n) is 4.37. The Morgan fingerprint density at radius 1 is 1.17 bits per heavy atom. The molecule has 0 saturated heterocycles. The molecule has 0 aliphatic rings. The fourth-order valence-corrected chi connectivity index (χ4v) is 2.56. The van der Waals surface area contributed by atoms with Crippen molar-refractivity contribution in [2.45, 2.75) is 37.6 Å². The lowest BCUT2D eigenvalue weighted by molar-refractivity contribution is 0.194. The van der Waals surface area contributed by atoms with Gasteiger partial charge in [0.05, 0.1) is 0 Å². The molecule has 3 heteroatoms. The Hall–Kier alpha value is -0.510. The van der Waals surface area contributed by atoms with E-state index in [1.807, 2.05) is 11.8 Å². The summed E-state index contributed by atoms with van der Waals surface area (Å²) in [7, 11) is 1.76. The van der Waals surface area contributed by atoms with E-state index in [1.54, 1.807) is 7.11 Å². The zero-order chi connectivity index (χ0) is 13.1. The van der Waals surface area contributed by atoms with Crippen LogP contribution in [-0.2, 0) is 11.3 Å². The number of thioether (sulfide) groups is 1. The summed E-state index contributed by atoms with van der Waals surface area (Å²) in [6.07, 6.45) is 3.57. The van der Waals surface area contributed by atoms with Crippen LogP contribution in [0.1, 0.15) is 31.7 Å². The Kier molecular flexibility index (Phi) is 9.00. The van der Waals surface area contributed by atoms with E-state index < -0.39 is 0 Å². The minimum Gasteiger partial charge on any atom is -0.385 e. The Bertz CT molecular complexity index is 300. The molecule has 18 heavy (non-hydrogen) atoms. The molecule has 0 aromatic heterocycles. The molecule has 0 radical (unpaired) electrons. The van der Waals surface area contributed by atoms with Crippen LogP contribution in [0.25, 0.3) is 0 Å². The maximum absolute atomic E-state index is 5.04. The third-order valence-electron chi connectivity index (χ3n) is 2.69. The normalized spacial score (nSPS) is 10.8. The lowest BCUT2D eigenvalue weighted by Gasteiger charge is -2.05. The van der Waals surface area contributed by atoms with E-state index in [0.717, 1.165) is 26.1 Å². The molecule has 2 nitrogen and oxygen atoms in total. The molecule has 0 spiro atoms. The zero-order valence-electron chi connectivity index (χ0n) is 11.6. The summed E-state index contributed by atoms with van der Waals surface area (Å²) in [5.41, 5.74) is 1.37. The zero-order valence-corrected chi connectivity index (χ0v) is 12.4. The standard InChI is InChI=1S/C15H25NOS/c1-3-10-16-13-14-6-8-15(9-7-14)18-12-5-4-11-17-2/h6-9,16H,3-5,10-13H2,1-2H3. The molecule has 1 N–H and O–H groups in total. The van der Waals surface area contributed by atoms with Gasteiger partial charge in [-0.3, -0.25) is 0 Å². The molecule has 0 amide bonds. The van der Waals surface area contributed by atoms with Gasteiger partial charge in [0.2, 0.25) is 0 Å². The summed E-state index contributed by atoms with van der Waals surface area (Å²) < 4.78 is 5.04. The van der Waals surface area contributed by atoms with E-state index in [2.05, 4.69) is 36.5 Å². The molecule has 0 bridgehead atoms. The first kappa shape index (κ1) is 15.5. The van der Waals surface area contributed by atoms with Crippen molar-refractivity contribution in [2.75, 3.05) is 26.0 Å². The van der Waals surface area contributed by atoms with Gasteiger partial charge in [0.15, 0.2) is 0 Å². The van der Waals surface area contributed by atoms with Crippen molar-refractivity contribution in [1.82, 2.24) is 5.32 Å². The summed E-state index contributed by atoms with van der Waals surface area (Å²) >= 11 is 1.93. The SMILES string of the molecule is CCCNCc1ccc(SCCCCOC)cc1. The van der Waals surface area contributed by atoms with Crippen molar-refractivity contribution in [3.8, 4) is 0 Å². The summed E-state index contributed by atoms with van der Waals surface area (Å²) in [5.74, 6) is 1.18. The highest BCUT2D eigenvalue weighted by Crippen LogP contribution is 2.19. The lowest BCUT2D eigenvalue weighted by atomic mass is 10.2. The summed E-state index contributed by atoms with van der Waals surface area (Å²) in [6.45, 7) is 5.14. The van der Waals surface area contributed by atoms with Gasteiger partial charge in [-0.2, -0.15) is 0 Å². The molecule has 0 fully saturated rings. The highest BCUT2D eigenvalue weighted by molar-refractivity contribution is 7.99. The lowest BCUT2D eigenvalue weighted by Crippen LogP contribution is -2.13. The number of nitrogens with one attached hydrogen (secondary N) is 1. The van der Waals surface area contributed by atoms with Gasteiger partial charge in [0, 0.05) is 25.2 Å². The predicted molar refractivity (Wildman–Crippen MR) is 80.3 cm³/mol. The summed E-state index contributed by atoms with van der Waals surface area (Å²) in [6, 6.07) is 8.90. The smallest absolute Gasteiger partial charge is 0.0462 e. The second kappa shape index (κ2) is 10.4. The second-order valence-corrected chi connectivity index (χ2v) is 5.54. The molecule has 0 heterocycles. The monoisotopic (exact) mass is 267 g/mol. The Morgan fingerprint density at radius 3 is 2.61 bits per heavy atom. The van der Waals surface area contributed by atoms with Gasteiger partial charge < -0.3 is 10.1 Å². The van der Waals surface area contributed by atoms with Gasteiger partial charge >= 0.3 is 0 Å². The highest BCUT2D eigenvalue weighted by atomic mass is 32.2. The van der Waals surface area contributed by atoms with Gasteiger partial charge in [-0.25, -0.2) is 0 Å². The van der Waals surface area contributed by atoms with Crippen LogP contribution < -0.4 is 5.32 Å². The van der Waals surface area contributed by atoms with E-state index >= 15 is 0 Å². The molecule has 1 aromatic rings. The molecule has 0 unspecified atom stereocenters. The molecular weight excluding hydrogens is 242 g/mol. The van der Waals surface area contributed by atoms with E-state index in [4.69, 9.17) is 4.74 Å². The quantitative estimate of drug-likeness (QED) is 0.516.